The van der Waals surface area contributed by atoms with Crippen LogP contribution in [0.15, 0.2) is 18.2 Å². The first kappa shape index (κ1) is 21.1. The molecular weight excluding hydrogens is 380 g/mol. The molecule has 164 valence electrons. The van der Waals surface area contributed by atoms with Gasteiger partial charge in [0.2, 0.25) is 0 Å². The molecular formula is C23H34N4O3. The summed E-state index contributed by atoms with van der Waals surface area (Å²) in [6.07, 6.45) is 5.11. The summed E-state index contributed by atoms with van der Waals surface area (Å²) in [7, 11) is 0. The molecule has 2 fully saturated rings. The Morgan fingerprint density at radius 1 is 1.30 bits per heavy atom. The van der Waals surface area contributed by atoms with Crippen LogP contribution in [-0.2, 0) is 4.74 Å². The predicted molar refractivity (Wildman–Crippen MR) is 117 cm³/mol. The third-order valence-electron chi connectivity index (χ3n) is 6.69. The number of nitrogens with zero attached hydrogens (tertiary/aromatic N) is 3. The van der Waals surface area contributed by atoms with Gasteiger partial charge in [-0.3, -0.25) is 14.4 Å². The van der Waals surface area contributed by atoms with E-state index >= 15 is 0 Å². The van der Waals surface area contributed by atoms with Gasteiger partial charge in [-0.2, -0.15) is 5.10 Å². The summed E-state index contributed by atoms with van der Waals surface area (Å²) in [5.41, 5.74) is 1.28. The van der Waals surface area contributed by atoms with Crippen molar-refractivity contribution in [3.63, 3.8) is 0 Å². The highest BCUT2D eigenvalue weighted by molar-refractivity contribution is 6.05. The Labute approximate surface area is 178 Å². The number of morpholine rings is 1. The smallest absolute Gasteiger partial charge is 0.272 e. The molecule has 1 amide bonds. The van der Waals surface area contributed by atoms with Crippen molar-refractivity contribution in [2.24, 2.45) is 0 Å². The number of phenolic OH excluding ortho intramolecular Hbond substituents is 1. The zero-order valence-electron chi connectivity index (χ0n) is 18.3. The van der Waals surface area contributed by atoms with E-state index in [0.29, 0.717) is 23.2 Å². The minimum absolute atomic E-state index is 0.121. The zero-order valence-corrected chi connectivity index (χ0v) is 18.3. The molecule has 1 aromatic heterocycles. The van der Waals surface area contributed by atoms with Crippen LogP contribution in [-0.4, -0.2) is 63.6 Å². The fraction of sp³-hybridized carbons (Fsp3) is 0.652. The molecule has 2 saturated heterocycles. The van der Waals surface area contributed by atoms with Gasteiger partial charge in [0.15, 0.2) is 5.69 Å². The van der Waals surface area contributed by atoms with E-state index in [9.17, 15) is 9.90 Å². The lowest BCUT2D eigenvalue weighted by atomic mass is 9.89. The molecule has 0 radical (unpaired) electrons. The molecule has 2 N–H and O–H groups in total. The maximum Gasteiger partial charge on any atom is 0.272 e. The number of unbranched alkanes of at least 4 members (excludes halogenated alkanes) is 1. The molecule has 0 spiro atoms. The highest BCUT2D eigenvalue weighted by Gasteiger charge is 2.39. The number of benzene rings is 1. The number of carbonyl (C=O) groups is 1. The summed E-state index contributed by atoms with van der Waals surface area (Å²) in [4.78, 5) is 15.8. The van der Waals surface area contributed by atoms with E-state index in [0.717, 1.165) is 44.5 Å². The first-order chi connectivity index (χ1) is 14.5. The van der Waals surface area contributed by atoms with Gasteiger partial charge in [0.05, 0.1) is 18.7 Å². The molecule has 7 nitrogen and oxygen atoms in total. The summed E-state index contributed by atoms with van der Waals surface area (Å²) in [5, 5.41) is 18.6. The summed E-state index contributed by atoms with van der Waals surface area (Å²) < 4.78 is 7.70. The molecule has 3 heterocycles. The van der Waals surface area contributed by atoms with E-state index in [1.165, 1.54) is 12.8 Å². The number of aromatic hydroxyl groups is 1. The van der Waals surface area contributed by atoms with Crippen LogP contribution < -0.4 is 5.32 Å². The molecule has 2 unspecified atom stereocenters. The molecule has 4 rings (SSSR count). The SMILES string of the molecule is CCCCN1C2COCC1CC(NC(=O)c1nn([C@@H](C)CC)c3ccc(O)cc13)C2. The highest BCUT2D eigenvalue weighted by atomic mass is 16.5. The Kier molecular flexibility index (Phi) is 6.29. The predicted octanol–water partition coefficient (Wildman–Crippen LogP) is 3.47. The van der Waals surface area contributed by atoms with Crippen LogP contribution >= 0.6 is 0 Å². The Bertz CT molecular complexity index is 882. The average Bonchev–Trinajstić information content (AvgIpc) is 3.10. The largest absolute Gasteiger partial charge is 0.508 e. The van der Waals surface area contributed by atoms with Gasteiger partial charge in [0, 0.05) is 29.6 Å². The van der Waals surface area contributed by atoms with Crippen molar-refractivity contribution in [1.29, 1.82) is 0 Å². The van der Waals surface area contributed by atoms with Gasteiger partial charge in [-0.1, -0.05) is 20.3 Å². The molecule has 2 bridgehead atoms. The van der Waals surface area contributed by atoms with Gasteiger partial charge in [-0.25, -0.2) is 0 Å². The van der Waals surface area contributed by atoms with Crippen LogP contribution in [0.1, 0.15) is 69.4 Å². The Morgan fingerprint density at radius 3 is 2.70 bits per heavy atom. The second-order valence-electron chi connectivity index (χ2n) is 8.83. The van der Waals surface area contributed by atoms with Gasteiger partial charge in [0.1, 0.15) is 5.75 Å². The molecule has 1 aromatic carbocycles. The Balaban J connectivity index is 1.53. The van der Waals surface area contributed by atoms with Crippen LogP contribution in [0.4, 0.5) is 0 Å². The average molecular weight is 415 g/mol. The fourth-order valence-electron chi connectivity index (χ4n) is 4.87. The number of aromatic nitrogens is 2. The van der Waals surface area contributed by atoms with Gasteiger partial charge >= 0.3 is 0 Å². The van der Waals surface area contributed by atoms with Gasteiger partial charge in [0.25, 0.3) is 5.91 Å². The highest BCUT2D eigenvalue weighted by Crippen LogP contribution is 2.30. The number of carbonyl (C=O) groups excluding carboxylic acids is 1. The minimum Gasteiger partial charge on any atom is -0.508 e. The lowest BCUT2D eigenvalue weighted by molar-refractivity contribution is -0.0802. The number of rotatable bonds is 7. The van der Waals surface area contributed by atoms with E-state index in [-0.39, 0.29) is 23.7 Å². The van der Waals surface area contributed by atoms with E-state index in [1.807, 2.05) is 10.7 Å². The van der Waals surface area contributed by atoms with Crippen LogP contribution in [0.2, 0.25) is 0 Å². The minimum atomic E-state index is -0.154. The molecule has 2 aromatic rings. The molecule has 7 heteroatoms. The van der Waals surface area contributed by atoms with Crippen molar-refractivity contribution in [1.82, 2.24) is 20.0 Å². The maximum atomic E-state index is 13.2. The summed E-state index contributed by atoms with van der Waals surface area (Å²) in [5.74, 6) is -0.00480. The molecule has 2 aliphatic heterocycles. The summed E-state index contributed by atoms with van der Waals surface area (Å²) in [6.45, 7) is 9.01. The second kappa shape index (κ2) is 8.94. The topological polar surface area (TPSA) is 79.6 Å². The number of piperidine rings is 1. The van der Waals surface area contributed by atoms with Crippen molar-refractivity contribution in [2.75, 3.05) is 19.8 Å². The van der Waals surface area contributed by atoms with Crippen molar-refractivity contribution >= 4 is 16.8 Å². The van der Waals surface area contributed by atoms with E-state index in [1.54, 1.807) is 12.1 Å². The molecule has 2 aliphatic rings. The number of ether oxygens (including phenoxy) is 1. The zero-order chi connectivity index (χ0) is 21.3. The van der Waals surface area contributed by atoms with Crippen molar-refractivity contribution < 1.29 is 14.6 Å². The molecule has 0 saturated carbocycles. The Hall–Kier alpha value is -2.12. The number of fused-ring (bicyclic) bond motifs is 3. The van der Waals surface area contributed by atoms with Crippen LogP contribution in [0.25, 0.3) is 10.9 Å². The van der Waals surface area contributed by atoms with E-state index in [4.69, 9.17) is 4.74 Å². The van der Waals surface area contributed by atoms with E-state index < -0.39 is 0 Å². The van der Waals surface area contributed by atoms with Crippen LogP contribution in [0.5, 0.6) is 5.75 Å². The number of hydrogen-bond acceptors (Lipinski definition) is 5. The normalized spacial score (nSPS) is 25.4. The third kappa shape index (κ3) is 4.05. The van der Waals surface area contributed by atoms with Crippen LogP contribution in [0, 0.1) is 0 Å². The summed E-state index contributed by atoms with van der Waals surface area (Å²) in [6, 6.07) is 6.17. The van der Waals surface area contributed by atoms with Crippen molar-refractivity contribution in [3.8, 4) is 5.75 Å². The molecule has 0 aliphatic carbocycles. The van der Waals surface area contributed by atoms with Gasteiger partial charge in [-0.05, 0) is 57.4 Å². The lowest BCUT2D eigenvalue weighted by Crippen LogP contribution is -2.60. The number of hydrogen-bond donors (Lipinski definition) is 2. The quantitative estimate of drug-likeness (QED) is 0.725. The van der Waals surface area contributed by atoms with Crippen molar-refractivity contribution in [3.05, 3.63) is 23.9 Å². The summed E-state index contributed by atoms with van der Waals surface area (Å²) >= 11 is 0. The molecule has 30 heavy (non-hydrogen) atoms. The fourth-order valence-corrected chi connectivity index (χ4v) is 4.87. The first-order valence-corrected chi connectivity index (χ1v) is 11.4. The third-order valence-corrected chi connectivity index (χ3v) is 6.69. The van der Waals surface area contributed by atoms with E-state index in [2.05, 4.69) is 36.1 Å². The monoisotopic (exact) mass is 414 g/mol. The molecule has 3 atom stereocenters. The lowest BCUT2D eigenvalue weighted by Gasteiger charge is -2.48. The second-order valence-corrected chi connectivity index (χ2v) is 8.83. The number of phenols is 1. The number of nitrogens with one attached hydrogen (secondary N) is 1. The van der Waals surface area contributed by atoms with Crippen LogP contribution in [0.3, 0.4) is 0 Å². The number of amides is 1. The van der Waals surface area contributed by atoms with Crippen molar-refractivity contribution in [2.45, 2.75) is 77.0 Å². The van der Waals surface area contributed by atoms with Gasteiger partial charge < -0.3 is 15.2 Å². The first-order valence-electron chi connectivity index (χ1n) is 11.4. The van der Waals surface area contributed by atoms with Gasteiger partial charge in [-0.15, -0.1) is 0 Å². The standard InChI is InChI=1S/C23H34N4O3/c1-4-6-9-26-17-10-16(11-18(26)14-30-13-17)24-23(29)22-20-12-19(28)7-8-21(20)27(25-22)15(3)5-2/h7-8,12,15-18,28H,4-6,9-11,13-14H2,1-3H3,(H,24,29)/t15-,16?,17?,18?/m0/s1. The maximum absolute atomic E-state index is 13.2. The Morgan fingerprint density at radius 2 is 2.03 bits per heavy atom.